The van der Waals surface area contributed by atoms with Gasteiger partial charge in [0.2, 0.25) is 0 Å². The average Bonchev–Trinajstić information content (AvgIpc) is 2.66. The van der Waals surface area contributed by atoms with Crippen molar-refractivity contribution in [3.05, 3.63) is 69.8 Å². The number of allylic oxidation sites excluding steroid dienone is 4. The fourth-order valence-electron chi connectivity index (χ4n) is 2.33. The van der Waals surface area contributed by atoms with Crippen LogP contribution in [0.4, 0.5) is 0 Å². The van der Waals surface area contributed by atoms with Crippen molar-refractivity contribution in [2.75, 3.05) is 0 Å². The second kappa shape index (κ2) is 4.15. The van der Waals surface area contributed by atoms with Gasteiger partial charge in [-0.05, 0) is 68.3 Å². The van der Waals surface area contributed by atoms with Crippen LogP contribution in [0.25, 0.3) is 22.4 Å². The van der Waals surface area contributed by atoms with Gasteiger partial charge in [0.1, 0.15) is 0 Å². The zero-order chi connectivity index (χ0) is 11.8. The zero-order valence-corrected chi connectivity index (χ0v) is 11.4. The van der Waals surface area contributed by atoms with Crippen molar-refractivity contribution in [1.29, 1.82) is 0 Å². The largest absolute Gasteiger partial charge is 0.0991 e. The molecule has 82 valence electrons. The summed E-state index contributed by atoms with van der Waals surface area (Å²) in [5.41, 5.74) is 3.92. The fraction of sp³-hybridized carbons (Fsp3) is 0. The summed E-state index contributed by atoms with van der Waals surface area (Å²) in [5.74, 6) is 0. The standard InChI is InChI=1S/C16H11I/c1-2-3-5-11-8-13-10-14(17)9-12-6-4-7-15(11)16(12)13/h2-10H,1H2/b5-3-. The molecular weight excluding hydrogens is 319 g/mol. The van der Waals surface area contributed by atoms with Gasteiger partial charge in [0.25, 0.3) is 0 Å². The Labute approximate surface area is 114 Å². The number of hydrogen-bond donors (Lipinski definition) is 0. The van der Waals surface area contributed by atoms with Crippen molar-refractivity contribution in [3.63, 3.8) is 0 Å². The van der Waals surface area contributed by atoms with Crippen LogP contribution in [0.2, 0.25) is 0 Å². The van der Waals surface area contributed by atoms with E-state index in [4.69, 9.17) is 0 Å². The predicted molar refractivity (Wildman–Crippen MR) is 83.9 cm³/mol. The summed E-state index contributed by atoms with van der Waals surface area (Å²) in [6, 6.07) is 11.0. The normalized spacial score (nSPS) is 13.4. The zero-order valence-electron chi connectivity index (χ0n) is 9.28. The minimum Gasteiger partial charge on any atom is -0.0991 e. The highest BCUT2D eigenvalue weighted by molar-refractivity contribution is 14.1. The molecule has 3 rings (SSSR count). The molecule has 0 spiro atoms. The molecule has 17 heavy (non-hydrogen) atoms. The summed E-state index contributed by atoms with van der Waals surface area (Å²) in [7, 11) is 0. The van der Waals surface area contributed by atoms with Crippen LogP contribution < -0.4 is 0 Å². The third kappa shape index (κ3) is 1.75. The van der Waals surface area contributed by atoms with E-state index < -0.39 is 0 Å². The first-order valence-corrected chi connectivity index (χ1v) is 6.61. The van der Waals surface area contributed by atoms with E-state index in [1.165, 1.54) is 31.0 Å². The quantitative estimate of drug-likeness (QED) is 0.534. The van der Waals surface area contributed by atoms with Gasteiger partial charge in [-0.3, -0.25) is 0 Å². The molecule has 0 saturated heterocycles. The maximum atomic E-state index is 3.72. The molecule has 0 atom stereocenters. The SMILES string of the molecule is C=C/C=C\C1=Cc2cc(I)cc3cccc1c23. The van der Waals surface area contributed by atoms with Crippen molar-refractivity contribution in [2.45, 2.75) is 0 Å². The van der Waals surface area contributed by atoms with Crippen LogP contribution in [-0.2, 0) is 0 Å². The van der Waals surface area contributed by atoms with Gasteiger partial charge < -0.3 is 0 Å². The van der Waals surface area contributed by atoms with Crippen molar-refractivity contribution >= 4 is 45.0 Å². The molecule has 0 amide bonds. The molecule has 0 nitrogen and oxygen atoms in total. The van der Waals surface area contributed by atoms with Gasteiger partial charge in [0.05, 0.1) is 0 Å². The van der Waals surface area contributed by atoms with E-state index in [9.17, 15) is 0 Å². The molecule has 0 heterocycles. The Balaban J connectivity index is 2.31. The van der Waals surface area contributed by atoms with Gasteiger partial charge >= 0.3 is 0 Å². The highest BCUT2D eigenvalue weighted by Gasteiger charge is 2.14. The van der Waals surface area contributed by atoms with Gasteiger partial charge in [-0.2, -0.15) is 0 Å². The monoisotopic (exact) mass is 330 g/mol. The summed E-state index contributed by atoms with van der Waals surface area (Å²) in [6.07, 6.45) is 8.17. The lowest BCUT2D eigenvalue weighted by Crippen LogP contribution is -1.81. The molecule has 0 bridgehead atoms. The second-order valence-electron chi connectivity index (χ2n) is 4.09. The molecule has 0 aromatic heterocycles. The van der Waals surface area contributed by atoms with Crippen LogP contribution in [0.1, 0.15) is 11.1 Å². The first-order valence-electron chi connectivity index (χ1n) is 5.53. The maximum Gasteiger partial charge on any atom is 0.0142 e. The smallest absolute Gasteiger partial charge is 0.0142 e. The van der Waals surface area contributed by atoms with Crippen molar-refractivity contribution in [2.24, 2.45) is 0 Å². The molecule has 0 saturated carbocycles. The topological polar surface area (TPSA) is 0 Å². The maximum absolute atomic E-state index is 3.72. The van der Waals surface area contributed by atoms with Gasteiger partial charge in [0.15, 0.2) is 0 Å². The summed E-state index contributed by atoms with van der Waals surface area (Å²) in [4.78, 5) is 0. The molecule has 0 aliphatic heterocycles. The van der Waals surface area contributed by atoms with E-state index in [0.717, 1.165) is 0 Å². The van der Waals surface area contributed by atoms with Gasteiger partial charge in [-0.15, -0.1) is 0 Å². The second-order valence-corrected chi connectivity index (χ2v) is 5.34. The molecule has 2 aromatic carbocycles. The fourth-order valence-corrected chi connectivity index (χ4v) is 3.00. The summed E-state index contributed by atoms with van der Waals surface area (Å²) >= 11 is 2.37. The van der Waals surface area contributed by atoms with E-state index in [2.05, 4.69) is 71.7 Å². The third-order valence-electron chi connectivity index (χ3n) is 3.01. The Kier molecular flexibility index (Phi) is 2.63. The molecule has 1 aliphatic rings. The van der Waals surface area contributed by atoms with Gasteiger partial charge in [-0.25, -0.2) is 0 Å². The van der Waals surface area contributed by atoms with Crippen LogP contribution in [0, 0.1) is 3.57 Å². The molecular formula is C16H11I. The molecule has 0 unspecified atom stereocenters. The first-order chi connectivity index (χ1) is 8.29. The van der Waals surface area contributed by atoms with Crippen molar-refractivity contribution in [1.82, 2.24) is 0 Å². The minimum absolute atomic E-state index is 1.27. The third-order valence-corrected chi connectivity index (χ3v) is 3.63. The first kappa shape index (κ1) is 10.8. The summed E-state index contributed by atoms with van der Waals surface area (Å²) in [6.45, 7) is 3.72. The van der Waals surface area contributed by atoms with E-state index in [1.54, 1.807) is 0 Å². The van der Waals surface area contributed by atoms with Crippen LogP contribution in [0.15, 0.2) is 55.1 Å². The molecule has 0 N–H and O–H groups in total. The van der Waals surface area contributed by atoms with Gasteiger partial charge in [0, 0.05) is 3.57 Å². The molecule has 0 radical (unpaired) electrons. The Hall–Kier alpha value is -1.35. The van der Waals surface area contributed by atoms with E-state index in [-0.39, 0.29) is 0 Å². The van der Waals surface area contributed by atoms with Crippen LogP contribution >= 0.6 is 22.6 Å². The lowest BCUT2D eigenvalue weighted by atomic mass is 10.0. The summed E-state index contributed by atoms with van der Waals surface area (Å²) in [5, 5.41) is 2.69. The Bertz CT molecular complexity index is 675. The molecule has 2 aromatic rings. The number of benzene rings is 2. The Morgan fingerprint density at radius 2 is 2.06 bits per heavy atom. The Morgan fingerprint density at radius 1 is 1.18 bits per heavy atom. The van der Waals surface area contributed by atoms with Crippen LogP contribution in [0.5, 0.6) is 0 Å². The summed E-state index contributed by atoms with van der Waals surface area (Å²) < 4.78 is 1.28. The number of hydrogen-bond acceptors (Lipinski definition) is 0. The van der Waals surface area contributed by atoms with E-state index >= 15 is 0 Å². The van der Waals surface area contributed by atoms with Crippen LogP contribution in [-0.4, -0.2) is 0 Å². The predicted octanol–water partition coefficient (Wildman–Crippen LogP) is 5.04. The number of rotatable bonds is 2. The number of halogens is 1. The Morgan fingerprint density at radius 3 is 2.88 bits per heavy atom. The van der Waals surface area contributed by atoms with E-state index in [1.807, 2.05) is 12.2 Å². The highest BCUT2D eigenvalue weighted by Crippen LogP contribution is 2.38. The van der Waals surface area contributed by atoms with Gasteiger partial charge in [-0.1, -0.05) is 43.0 Å². The molecule has 1 heteroatoms. The lowest BCUT2D eigenvalue weighted by Gasteiger charge is -2.03. The molecule has 0 fully saturated rings. The average molecular weight is 330 g/mol. The highest BCUT2D eigenvalue weighted by atomic mass is 127. The van der Waals surface area contributed by atoms with Crippen LogP contribution in [0.3, 0.4) is 0 Å². The lowest BCUT2D eigenvalue weighted by molar-refractivity contribution is 1.67. The minimum atomic E-state index is 1.27. The van der Waals surface area contributed by atoms with Crippen molar-refractivity contribution < 1.29 is 0 Å². The molecule has 1 aliphatic carbocycles. The van der Waals surface area contributed by atoms with Crippen molar-refractivity contribution in [3.8, 4) is 0 Å². The van der Waals surface area contributed by atoms with E-state index in [0.29, 0.717) is 0 Å².